The van der Waals surface area contributed by atoms with Gasteiger partial charge in [0, 0.05) is 36.3 Å². The summed E-state index contributed by atoms with van der Waals surface area (Å²) in [6.07, 6.45) is 6.73. The molecule has 214 valence electrons. The Labute approximate surface area is 238 Å². The Hall–Kier alpha value is -4.21. The van der Waals surface area contributed by atoms with E-state index < -0.39 is 17.4 Å². The number of ether oxygens (including phenoxy) is 1. The number of nitrogens with zero attached hydrogens (tertiary/aromatic N) is 3. The van der Waals surface area contributed by atoms with Gasteiger partial charge in [0.15, 0.2) is 11.4 Å². The maximum atomic E-state index is 14.0. The molecule has 2 amide bonds. The Morgan fingerprint density at radius 3 is 2.66 bits per heavy atom. The number of carbonyl (C=O) groups excluding carboxylic acids is 2. The number of likely N-dealkylation sites (tertiary alicyclic amines) is 1. The number of hydrogen-bond acceptors (Lipinski definition) is 6. The van der Waals surface area contributed by atoms with Crippen LogP contribution in [0.3, 0.4) is 0 Å². The molecule has 0 aliphatic carbocycles. The fourth-order valence-corrected chi connectivity index (χ4v) is 5.82. The van der Waals surface area contributed by atoms with E-state index >= 15 is 0 Å². The van der Waals surface area contributed by atoms with Crippen LogP contribution in [0.4, 0.5) is 5.69 Å². The van der Waals surface area contributed by atoms with Crippen LogP contribution in [0.5, 0.6) is 5.75 Å². The van der Waals surface area contributed by atoms with Gasteiger partial charge in [0.25, 0.3) is 11.5 Å². The van der Waals surface area contributed by atoms with Crippen molar-refractivity contribution in [3.8, 4) is 11.4 Å². The Bertz CT molecular complexity index is 1520. The molecular formula is C32H35N3O6. The van der Waals surface area contributed by atoms with E-state index in [0.29, 0.717) is 23.5 Å². The highest BCUT2D eigenvalue weighted by atomic mass is 16.5. The highest BCUT2D eigenvalue weighted by molar-refractivity contribution is 6.07. The predicted molar refractivity (Wildman–Crippen MR) is 155 cm³/mol. The van der Waals surface area contributed by atoms with Crippen molar-refractivity contribution in [2.45, 2.75) is 44.4 Å². The first-order valence-corrected chi connectivity index (χ1v) is 13.9. The topological polar surface area (TPSA) is 112 Å². The summed E-state index contributed by atoms with van der Waals surface area (Å²) in [5.74, 6) is -1.09. The number of aromatic nitrogens is 1. The van der Waals surface area contributed by atoms with E-state index in [1.54, 1.807) is 65.4 Å². The molecular weight excluding hydrogens is 522 g/mol. The molecule has 0 saturated carbocycles. The minimum Gasteiger partial charge on any atom is -0.491 e. The number of amides is 2. The molecule has 9 heteroatoms. The van der Waals surface area contributed by atoms with Crippen LogP contribution in [0.15, 0.2) is 83.8 Å². The van der Waals surface area contributed by atoms with Gasteiger partial charge in [-0.15, -0.1) is 0 Å². The Balaban J connectivity index is 1.50. The maximum absolute atomic E-state index is 14.0. The SMILES string of the molecule is COc1cccn(-c2ccc3c(c2)[C@](O)([C@@H](C)/C=C/CC(=O)N2CCC[C@H]2CO)C(=O)N3Cc2ccccc2)c1=O. The molecule has 2 aromatic carbocycles. The second kappa shape index (κ2) is 11.7. The molecule has 1 saturated heterocycles. The zero-order valence-corrected chi connectivity index (χ0v) is 23.3. The van der Waals surface area contributed by atoms with Gasteiger partial charge in [-0.2, -0.15) is 0 Å². The lowest BCUT2D eigenvalue weighted by Crippen LogP contribution is -2.44. The number of methoxy groups -OCH3 is 1. The minimum absolute atomic E-state index is 0.0626. The van der Waals surface area contributed by atoms with Gasteiger partial charge in [0.2, 0.25) is 5.91 Å². The lowest BCUT2D eigenvalue weighted by Gasteiger charge is -2.28. The average Bonchev–Trinajstić information content (AvgIpc) is 3.56. The molecule has 0 unspecified atom stereocenters. The van der Waals surface area contributed by atoms with Crippen LogP contribution < -0.4 is 15.2 Å². The maximum Gasteiger partial charge on any atom is 0.297 e. The third-order valence-electron chi connectivity index (χ3n) is 8.13. The predicted octanol–water partition coefficient (Wildman–Crippen LogP) is 3.15. The molecule has 0 radical (unpaired) electrons. The largest absolute Gasteiger partial charge is 0.491 e. The van der Waals surface area contributed by atoms with Crippen LogP contribution >= 0.6 is 0 Å². The quantitative estimate of drug-likeness (QED) is 0.391. The number of aliphatic hydroxyl groups is 2. The first kappa shape index (κ1) is 28.3. The van der Waals surface area contributed by atoms with Gasteiger partial charge in [-0.05, 0) is 48.7 Å². The van der Waals surface area contributed by atoms with E-state index in [0.717, 1.165) is 18.4 Å². The number of pyridine rings is 1. The van der Waals surface area contributed by atoms with Gasteiger partial charge in [0.1, 0.15) is 0 Å². The summed E-state index contributed by atoms with van der Waals surface area (Å²) >= 11 is 0. The molecule has 41 heavy (non-hydrogen) atoms. The summed E-state index contributed by atoms with van der Waals surface area (Å²) in [5, 5.41) is 21.7. The van der Waals surface area contributed by atoms with E-state index in [1.165, 1.54) is 11.7 Å². The molecule has 0 bridgehead atoms. The first-order chi connectivity index (χ1) is 19.8. The molecule has 1 fully saturated rings. The van der Waals surface area contributed by atoms with Crippen molar-refractivity contribution >= 4 is 17.5 Å². The number of benzene rings is 2. The molecule has 3 atom stereocenters. The van der Waals surface area contributed by atoms with Gasteiger partial charge < -0.3 is 24.7 Å². The normalized spacial score (nSPS) is 21.0. The molecule has 2 aliphatic heterocycles. The van der Waals surface area contributed by atoms with Crippen LogP contribution in [-0.2, 0) is 21.7 Å². The van der Waals surface area contributed by atoms with Crippen molar-refractivity contribution in [1.82, 2.24) is 9.47 Å². The van der Waals surface area contributed by atoms with Crippen molar-refractivity contribution in [3.05, 3.63) is 100 Å². The van der Waals surface area contributed by atoms with Crippen LogP contribution in [0.1, 0.15) is 37.3 Å². The van der Waals surface area contributed by atoms with E-state index in [4.69, 9.17) is 4.74 Å². The van der Waals surface area contributed by atoms with Crippen molar-refractivity contribution in [3.63, 3.8) is 0 Å². The minimum atomic E-state index is -1.93. The Morgan fingerprint density at radius 2 is 1.93 bits per heavy atom. The summed E-state index contributed by atoms with van der Waals surface area (Å²) in [5.41, 5.74) is 0.0364. The third-order valence-corrected chi connectivity index (χ3v) is 8.13. The molecule has 1 aromatic heterocycles. The standard InChI is InChI=1S/C32H35N3O6/c1-22(9-6-14-29(37)33-17-7-12-25(33)21-36)32(40)26-19-24(34-18-8-13-28(41-2)30(34)38)15-16-27(26)35(31(32)39)20-23-10-4-3-5-11-23/h3-6,8-11,13,15-16,18-19,22,25,36,40H,7,12,14,17,20-21H2,1-2H3/b9-6+/t22-,25-,32+/m0/s1. The number of fused-ring (bicyclic) bond motifs is 1. The molecule has 2 aliphatic rings. The zero-order chi connectivity index (χ0) is 29.1. The summed E-state index contributed by atoms with van der Waals surface area (Å²) in [6, 6.07) is 17.8. The lowest BCUT2D eigenvalue weighted by atomic mass is 9.82. The number of anilines is 1. The molecule has 3 aromatic rings. The monoisotopic (exact) mass is 557 g/mol. The van der Waals surface area contributed by atoms with Crippen molar-refractivity contribution in [2.75, 3.05) is 25.2 Å². The van der Waals surface area contributed by atoms with E-state index in [1.807, 2.05) is 30.3 Å². The van der Waals surface area contributed by atoms with Crippen molar-refractivity contribution in [1.29, 1.82) is 0 Å². The van der Waals surface area contributed by atoms with Gasteiger partial charge >= 0.3 is 0 Å². The van der Waals surface area contributed by atoms with Crippen LogP contribution in [0.25, 0.3) is 5.69 Å². The zero-order valence-electron chi connectivity index (χ0n) is 23.3. The van der Waals surface area contributed by atoms with Gasteiger partial charge in [-0.3, -0.25) is 19.0 Å². The third kappa shape index (κ3) is 5.18. The highest BCUT2D eigenvalue weighted by Gasteiger charge is 2.52. The number of rotatable bonds is 9. The second-order valence-corrected chi connectivity index (χ2v) is 10.6. The Morgan fingerprint density at radius 1 is 1.15 bits per heavy atom. The number of hydrogen-bond donors (Lipinski definition) is 2. The fraction of sp³-hybridized carbons (Fsp3) is 0.344. The van der Waals surface area contributed by atoms with Crippen LogP contribution in [0, 0.1) is 5.92 Å². The molecule has 9 nitrogen and oxygen atoms in total. The summed E-state index contributed by atoms with van der Waals surface area (Å²) < 4.78 is 6.61. The lowest BCUT2D eigenvalue weighted by molar-refractivity contribution is -0.139. The van der Waals surface area contributed by atoms with Gasteiger partial charge in [0.05, 0.1) is 32.0 Å². The highest BCUT2D eigenvalue weighted by Crippen LogP contribution is 2.46. The number of aliphatic hydroxyl groups excluding tert-OH is 1. The summed E-state index contributed by atoms with van der Waals surface area (Å²) in [6.45, 7) is 2.56. The fourth-order valence-electron chi connectivity index (χ4n) is 5.82. The smallest absolute Gasteiger partial charge is 0.297 e. The molecule has 3 heterocycles. The summed E-state index contributed by atoms with van der Waals surface area (Å²) in [7, 11) is 1.43. The van der Waals surface area contributed by atoms with Crippen LogP contribution in [-0.4, -0.2) is 57.8 Å². The van der Waals surface area contributed by atoms with E-state index in [-0.39, 0.29) is 42.8 Å². The first-order valence-electron chi connectivity index (χ1n) is 13.9. The number of carbonyl (C=O) groups is 2. The average molecular weight is 558 g/mol. The molecule has 0 spiro atoms. The molecule has 5 rings (SSSR count). The van der Waals surface area contributed by atoms with Crippen LogP contribution in [0.2, 0.25) is 0 Å². The van der Waals surface area contributed by atoms with Gasteiger partial charge in [-0.1, -0.05) is 49.4 Å². The van der Waals surface area contributed by atoms with Crippen molar-refractivity contribution < 1.29 is 24.5 Å². The van der Waals surface area contributed by atoms with E-state index in [2.05, 4.69) is 0 Å². The van der Waals surface area contributed by atoms with Crippen molar-refractivity contribution in [2.24, 2.45) is 5.92 Å². The second-order valence-electron chi connectivity index (χ2n) is 10.6. The van der Waals surface area contributed by atoms with Gasteiger partial charge in [-0.25, -0.2) is 0 Å². The Kier molecular flexibility index (Phi) is 8.10. The molecule has 2 N–H and O–H groups in total. The summed E-state index contributed by atoms with van der Waals surface area (Å²) in [4.78, 5) is 43.0. The van der Waals surface area contributed by atoms with E-state index in [9.17, 15) is 24.6 Å².